The Morgan fingerprint density at radius 3 is 2.93 bits per heavy atom. The monoisotopic (exact) mass is 221 g/mol. The lowest BCUT2D eigenvalue weighted by Gasteiger charge is -2.22. The molecule has 0 fully saturated rings. The lowest BCUT2D eigenvalue weighted by molar-refractivity contribution is 0.750. The number of aromatic nitrogens is 1. The Hall–Kier alpha value is -1.21. The van der Waals surface area contributed by atoms with Crippen molar-refractivity contribution in [2.45, 2.75) is 18.6 Å². The zero-order valence-corrected chi connectivity index (χ0v) is 10.1. The van der Waals surface area contributed by atoms with Gasteiger partial charge in [-0.05, 0) is 32.2 Å². The third kappa shape index (κ3) is 3.45. The van der Waals surface area contributed by atoms with Crippen LogP contribution < -0.4 is 5.32 Å². The number of hydrogen-bond donors (Lipinski definition) is 1. The highest BCUT2D eigenvalue weighted by atomic mass is 32.2. The van der Waals surface area contributed by atoms with Crippen LogP contribution in [0.5, 0.6) is 0 Å². The molecule has 1 rings (SSSR count). The van der Waals surface area contributed by atoms with Crippen molar-refractivity contribution in [1.82, 2.24) is 4.98 Å². The Morgan fingerprint density at radius 2 is 2.33 bits per heavy atom. The van der Waals surface area contributed by atoms with Gasteiger partial charge >= 0.3 is 0 Å². The molecule has 0 bridgehead atoms. The summed E-state index contributed by atoms with van der Waals surface area (Å²) in [4.78, 5) is 4.14. The van der Waals surface area contributed by atoms with E-state index in [9.17, 15) is 0 Å². The van der Waals surface area contributed by atoms with E-state index < -0.39 is 0 Å². The molecule has 15 heavy (non-hydrogen) atoms. The molecule has 1 aromatic heterocycles. The zero-order valence-electron chi connectivity index (χ0n) is 9.24. The second kappa shape index (κ2) is 5.04. The van der Waals surface area contributed by atoms with E-state index in [1.54, 1.807) is 30.1 Å². The van der Waals surface area contributed by atoms with Gasteiger partial charge < -0.3 is 5.32 Å². The van der Waals surface area contributed by atoms with Crippen LogP contribution in [0.1, 0.15) is 19.4 Å². The van der Waals surface area contributed by atoms with Gasteiger partial charge in [-0.15, -0.1) is 0 Å². The molecule has 0 atom stereocenters. The molecule has 4 heteroatoms. The smallest absolute Gasteiger partial charge is 0.143 e. The van der Waals surface area contributed by atoms with Crippen LogP contribution in [0.4, 0.5) is 5.82 Å². The number of anilines is 1. The molecule has 0 aliphatic heterocycles. The van der Waals surface area contributed by atoms with Gasteiger partial charge in [0.25, 0.3) is 0 Å². The van der Waals surface area contributed by atoms with Crippen molar-refractivity contribution in [3.8, 4) is 6.07 Å². The standard InChI is InChI=1S/C11H15N3S/c1-11(2,15-3)8-14-10-9(7-12)5-4-6-13-10/h4-6H,8H2,1-3H3,(H,13,14). The number of nitrogens with one attached hydrogen (secondary N) is 1. The van der Waals surface area contributed by atoms with Crippen molar-refractivity contribution in [2.75, 3.05) is 18.1 Å². The number of nitriles is 1. The van der Waals surface area contributed by atoms with Crippen LogP contribution in [0.2, 0.25) is 0 Å². The van der Waals surface area contributed by atoms with Gasteiger partial charge in [0.05, 0.1) is 5.56 Å². The highest BCUT2D eigenvalue weighted by Gasteiger charge is 2.16. The molecular weight excluding hydrogens is 206 g/mol. The molecule has 0 aliphatic rings. The summed E-state index contributed by atoms with van der Waals surface area (Å²) >= 11 is 1.79. The minimum Gasteiger partial charge on any atom is -0.368 e. The van der Waals surface area contributed by atoms with Gasteiger partial charge in [0.2, 0.25) is 0 Å². The fourth-order valence-electron chi connectivity index (χ4n) is 1.01. The molecular formula is C11H15N3S. The van der Waals surface area contributed by atoms with Crippen LogP contribution in [0.3, 0.4) is 0 Å². The molecule has 0 saturated carbocycles. The van der Waals surface area contributed by atoms with Gasteiger partial charge in [-0.25, -0.2) is 4.98 Å². The van der Waals surface area contributed by atoms with Crippen LogP contribution in [-0.2, 0) is 0 Å². The first-order valence-electron chi connectivity index (χ1n) is 4.73. The number of thioether (sulfide) groups is 1. The van der Waals surface area contributed by atoms with Crippen LogP contribution in [0.15, 0.2) is 18.3 Å². The van der Waals surface area contributed by atoms with Gasteiger partial charge in [-0.3, -0.25) is 0 Å². The first-order chi connectivity index (χ1) is 7.09. The first-order valence-corrected chi connectivity index (χ1v) is 5.95. The summed E-state index contributed by atoms with van der Waals surface area (Å²) in [5.41, 5.74) is 0.592. The van der Waals surface area contributed by atoms with E-state index in [1.165, 1.54) is 0 Å². The maximum Gasteiger partial charge on any atom is 0.143 e. The second-order valence-electron chi connectivity index (χ2n) is 3.83. The van der Waals surface area contributed by atoms with Crippen LogP contribution in [0, 0.1) is 11.3 Å². The zero-order chi connectivity index (χ0) is 11.3. The number of hydrogen-bond acceptors (Lipinski definition) is 4. The lowest BCUT2D eigenvalue weighted by Crippen LogP contribution is -2.26. The van der Waals surface area contributed by atoms with E-state index in [0.29, 0.717) is 11.4 Å². The Labute approximate surface area is 94.9 Å². The molecule has 80 valence electrons. The van der Waals surface area contributed by atoms with Gasteiger partial charge in [0.15, 0.2) is 0 Å². The molecule has 0 amide bonds. The minimum absolute atomic E-state index is 0.143. The van der Waals surface area contributed by atoms with Crippen LogP contribution >= 0.6 is 11.8 Å². The fourth-order valence-corrected chi connectivity index (χ4v) is 1.22. The Kier molecular flexibility index (Phi) is 3.98. The molecule has 0 aliphatic carbocycles. The van der Waals surface area contributed by atoms with Crippen LogP contribution in [0.25, 0.3) is 0 Å². The SMILES string of the molecule is CSC(C)(C)CNc1ncccc1C#N. The molecule has 0 spiro atoms. The average molecular weight is 221 g/mol. The maximum atomic E-state index is 8.87. The molecule has 1 aromatic rings. The summed E-state index contributed by atoms with van der Waals surface area (Å²) in [6, 6.07) is 5.65. The van der Waals surface area contributed by atoms with E-state index in [0.717, 1.165) is 6.54 Å². The first kappa shape index (κ1) is 11.9. The Morgan fingerprint density at radius 1 is 1.60 bits per heavy atom. The topological polar surface area (TPSA) is 48.7 Å². The second-order valence-corrected chi connectivity index (χ2v) is 5.34. The molecule has 0 radical (unpaired) electrons. The Bertz CT molecular complexity index is 368. The summed E-state index contributed by atoms with van der Waals surface area (Å²) < 4.78 is 0.143. The normalized spacial score (nSPS) is 10.8. The predicted molar refractivity (Wildman–Crippen MR) is 65.0 cm³/mol. The Balaban J connectivity index is 2.70. The third-order valence-corrected chi connectivity index (χ3v) is 3.41. The molecule has 0 unspecified atom stereocenters. The molecule has 0 saturated heterocycles. The van der Waals surface area contributed by atoms with E-state index in [1.807, 2.05) is 0 Å². The maximum absolute atomic E-state index is 8.87. The van der Waals surface area contributed by atoms with Crippen molar-refractivity contribution in [3.05, 3.63) is 23.9 Å². The highest BCUT2D eigenvalue weighted by molar-refractivity contribution is 7.99. The van der Waals surface area contributed by atoms with Gasteiger partial charge in [-0.2, -0.15) is 17.0 Å². The summed E-state index contributed by atoms with van der Waals surface area (Å²) in [7, 11) is 0. The summed E-state index contributed by atoms with van der Waals surface area (Å²) in [5, 5.41) is 12.1. The van der Waals surface area contributed by atoms with Crippen LogP contribution in [-0.4, -0.2) is 22.5 Å². The van der Waals surface area contributed by atoms with E-state index in [2.05, 4.69) is 36.5 Å². The van der Waals surface area contributed by atoms with Gasteiger partial charge in [0.1, 0.15) is 11.9 Å². The summed E-state index contributed by atoms with van der Waals surface area (Å²) in [6.07, 6.45) is 3.76. The van der Waals surface area contributed by atoms with E-state index in [-0.39, 0.29) is 4.75 Å². The van der Waals surface area contributed by atoms with Gasteiger partial charge in [0, 0.05) is 17.5 Å². The fraction of sp³-hybridized carbons (Fsp3) is 0.455. The van der Waals surface area contributed by atoms with E-state index >= 15 is 0 Å². The molecule has 1 heterocycles. The molecule has 1 N–H and O–H groups in total. The lowest BCUT2D eigenvalue weighted by atomic mass is 10.2. The largest absolute Gasteiger partial charge is 0.368 e. The van der Waals surface area contributed by atoms with E-state index in [4.69, 9.17) is 5.26 Å². The average Bonchev–Trinajstić information content (AvgIpc) is 2.27. The van der Waals surface area contributed by atoms with Gasteiger partial charge in [-0.1, -0.05) is 0 Å². The van der Waals surface area contributed by atoms with Crippen molar-refractivity contribution < 1.29 is 0 Å². The summed E-state index contributed by atoms with van der Waals surface area (Å²) in [6.45, 7) is 5.10. The predicted octanol–water partition coefficient (Wildman–Crippen LogP) is 2.51. The van der Waals surface area contributed by atoms with Crippen molar-refractivity contribution in [1.29, 1.82) is 5.26 Å². The number of nitrogens with zero attached hydrogens (tertiary/aromatic N) is 2. The third-order valence-electron chi connectivity index (χ3n) is 2.16. The number of pyridine rings is 1. The molecule has 3 nitrogen and oxygen atoms in total. The molecule has 0 aromatic carbocycles. The van der Waals surface area contributed by atoms with Crippen molar-refractivity contribution in [2.24, 2.45) is 0 Å². The quantitative estimate of drug-likeness (QED) is 0.848. The summed E-state index contributed by atoms with van der Waals surface area (Å²) in [5.74, 6) is 0.669. The highest BCUT2D eigenvalue weighted by Crippen LogP contribution is 2.21. The number of rotatable bonds is 4. The van der Waals surface area contributed by atoms with Crippen molar-refractivity contribution in [3.63, 3.8) is 0 Å². The minimum atomic E-state index is 0.143. The van der Waals surface area contributed by atoms with Crippen molar-refractivity contribution >= 4 is 17.6 Å².